The van der Waals surface area contributed by atoms with Crippen LogP contribution in [0.5, 0.6) is 0 Å². The number of rotatable bonds is 6. The van der Waals surface area contributed by atoms with Gasteiger partial charge in [0.1, 0.15) is 0 Å². The summed E-state index contributed by atoms with van der Waals surface area (Å²) in [6.45, 7) is 5.51. The van der Waals surface area contributed by atoms with Crippen LogP contribution in [-0.4, -0.2) is 18.1 Å². The molecule has 0 saturated carbocycles. The van der Waals surface area contributed by atoms with Gasteiger partial charge < -0.3 is 5.32 Å². The Kier molecular flexibility index (Phi) is 5.58. The quantitative estimate of drug-likeness (QED) is 0.831. The van der Waals surface area contributed by atoms with Crippen LogP contribution in [0.25, 0.3) is 0 Å². The monoisotopic (exact) mass is 263 g/mol. The molecule has 1 heterocycles. The minimum absolute atomic E-state index is 0.556. The number of benzene rings is 1. The van der Waals surface area contributed by atoms with E-state index in [0.29, 0.717) is 6.04 Å². The van der Waals surface area contributed by atoms with E-state index in [4.69, 9.17) is 0 Å². The summed E-state index contributed by atoms with van der Waals surface area (Å²) in [6.07, 6.45) is 3.79. The van der Waals surface area contributed by atoms with Crippen molar-refractivity contribution in [2.75, 3.05) is 18.1 Å². The van der Waals surface area contributed by atoms with Gasteiger partial charge in [-0.25, -0.2) is 0 Å². The Morgan fingerprint density at radius 3 is 2.61 bits per heavy atom. The number of hydrogen-bond donors (Lipinski definition) is 1. The molecular weight excluding hydrogens is 238 g/mol. The van der Waals surface area contributed by atoms with Gasteiger partial charge in [0, 0.05) is 6.04 Å². The fourth-order valence-electron chi connectivity index (χ4n) is 2.77. The normalized spacial score (nSPS) is 21.1. The predicted molar refractivity (Wildman–Crippen MR) is 82.3 cm³/mol. The standard InChI is InChI=1S/C16H25NS/c1-3-5-13-6-8-14(9-7-13)16(17-4-2)15-10-11-18-12-15/h6-9,15-17H,3-5,10-12H2,1-2H3. The molecule has 1 aromatic carbocycles. The molecule has 1 saturated heterocycles. The van der Waals surface area contributed by atoms with E-state index in [0.717, 1.165) is 12.5 Å². The highest BCUT2D eigenvalue weighted by molar-refractivity contribution is 7.99. The van der Waals surface area contributed by atoms with Crippen LogP contribution >= 0.6 is 11.8 Å². The maximum absolute atomic E-state index is 3.68. The third-order valence-corrected chi connectivity index (χ3v) is 4.93. The smallest absolute Gasteiger partial charge is 0.0356 e. The second-order valence-electron chi connectivity index (χ2n) is 5.15. The van der Waals surface area contributed by atoms with E-state index in [1.165, 1.54) is 41.9 Å². The topological polar surface area (TPSA) is 12.0 Å². The first-order chi connectivity index (χ1) is 8.85. The van der Waals surface area contributed by atoms with Gasteiger partial charge in [-0.3, -0.25) is 0 Å². The predicted octanol–water partition coefficient (Wildman–Crippen LogP) is 4.04. The molecule has 0 amide bonds. The van der Waals surface area contributed by atoms with Crippen molar-refractivity contribution >= 4 is 11.8 Å². The van der Waals surface area contributed by atoms with Crippen molar-refractivity contribution in [1.29, 1.82) is 0 Å². The molecule has 0 aromatic heterocycles. The molecule has 100 valence electrons. The van der Waals surface area contributed by atoms with Gasteiger partial charge in [-0.2, -0.15) is 11.8 Å². The first-order valence-corrected chi connectivity index (χ1v) is 8.40. The van der Waals surface area contributed by atoms with E-state index in [1.54, 1.807) is 0 Å². The van der Waals surface area contributed by atoms with Crippen LogP contribution in [0.15, 0.2) is 24.3 Å². The number of thioether (sulfide) groups is 1. The van der Waals surface area contributed by atoms with Crippen molar-refractivity contribution in [3.63, 3.8) is 0 Å². The lowest BCUT2D eigenvalue weighted by Crippen LogP contribution is -2.28. The first kappa shape index (κ1) is 14.0. The average molecular weight is 263 g/mol. The summed E-state index contributed by atoms with van der Waals surface area (Å²) in [7, 11) is 0. The maximum atomic E-state index is 3.68. The van der Waals surface area contributed by atoms with Gasteiger partial charge in [0.05, 0.1) is 0 Å². The Balaban J connectivity index is 2.09. The number of aryl methyl sites for hydroxylation is 1. The van der Waals surface area contributed by atoms with Crippen molar-refractivity contribution in [2.24, 2.45) is 5.92 Å². The Morgan fingerprint density at radius 2 is 2.06 bits per heavy atom. The van der Waals surface area contributed by atoms with E-state index in [9.17, 15) is 0 Å². The van der Waals surface area contributed by atoms with Crippen molar-refractivity contribution < 1.29 is 0 Å². The Bertz CT molecular complexity index is 341. The Labute approximate surface area is 116 Å². The van der Waals surface area contributed by atoms with Gasteiger partial charge in [-0.05, 0) is 47.9 Å². The molecule has 1 aliphatic rings. The molecule has 0 aliphatic carbocycles. The Hall–Kier alpha value is -0.470. The van der Waals surface area contributed by atoms with E-state index >= 15 is 0 Å². The maximum Gasteiger partial charge on any atom is 0.0356 e. The van der Waals surface area contributed by atoms with Crippen molar-refractivity contribution in [1.82, 2.24) is 5.32 Å². The zero-order valence-corrected chi connectivity index (χ0v) is 12.4. The molecule has 2 heteroatoms. The van der Waals surface area contributed by atoms with E-state index < -0.39 is 0 Å². The molecule has 2 unspecified atom stereocenters. The lowest BCUT2D eigenvalue weighted by molar-refractivity contribution is 0.401. The fourth-order valence-corrected chi connectivity index (χ4v) is 4.07. The molecule has 0 radical (unpaired) electrons. The minimum atomic E-state index is 0.556. The molecule has 0 bridgehead atoms. The van der Waals surface area contributed by atoms with Crippen LogP contribution in [0.4, 0.5) is 0 Å². The van der Waals surface area contributed by atoms with Gasteiger partial charge in [-0.1, -0.05) is 44.5 Å². The zero-order valence-electron chi connectivity index (χ0n) is 11.6. The van der Waals surface area contributed by atoms with Crippen LogP contribution < -0.4 is 5.32 Å². The summed E-state index contributed by atoms with van der Waals surface area (Å²) in [5, 5.41) is 3.68. The average Bonchev–Trinajstić information content (AvgIpc) is 2.91. The van der Waals surface area contributed by atoms with Gasteiger partial charge in [0.2, 0.25) is 0 Å². The van der Waals surface area contributed by atoms with E-state index in [-0.39, 0.29) is 0 Å². The molecular formula is C16H25NS. The molecule has 1 N–H and O–H groups in total. The Morgan fingerprint density at radius 1 is 1.28 bits per heavy atom. The summed E-state index contributed by atoms with van der Waals surface area (Å²) in [4.78, 5) is 0. The second-order valence-corrected chi connectivity index (χ2v) is 6.30. The third kappa shape index (κ3) is 3.52. The number of nitrogens with one attached hydrogen (secondary N) is 1. The van der Waals surface area contributed by atoms with Crippen LogP contribution in [0.3, 0.4) is 0 Å². The first-order valence-electron chi connectivity index (χ1n) is 7.25. The van der Waals surface area contributed by atoms with Crippen LogP contribution in [0.1, 0.15) is 43.9 Å². The third-order valence-electron chi connectivity index (χ3n) is 3.74. The molecule has 1 aromatic rings. The lowest BCUT2D eigenvalue weighted by atomic mass is 9.91. The molecule has 18 heavy (non-hydrogen) atoms. The van der Waals surface area contributed by atoms with E-state index in [1.807, 2.05) is 0 Å². The minimum Gasteiger partial charge on any atom is -0.310 e. The van der Waals surface area contributed by atoms with Gasteiger partial charge in [0.25, 0.3) is 0 Å². The summed E-state index contributed by atoms with van der Waals surface area (Å²) in [6, 6.07) is 9.85. The van der Waals surface area contributed by atoms with Crippen molar-refractivity contribution in [3.05, 3.63) is 35.4 Å². The lowest BCUT2D eigenvalue weighted by Gasteiger charge is -2.24. The van der Waals surface area contributed by atoms with Crippen molar-refractivity contribution in [3.8, 4) is 0 Å². The van der Waals surface area contributed by atoms with E-state index in [2.05, 4.69) is 55.2 Å². The highest BCUT2D eigenvalue weighted by atomic mass is 32.2. The fraction of sp³-hybridized carbons (Fsp3) is 0.625. The van der Waals surface area contributed by atoms with Gasteiger partial charge >= 0.3 is 0 Å². The summed E-state index contributed by atoms with van der Waals surface area (Å²) < 4.78 is 0. The van der Waals surface area contributed by atoms with Crippen LogP contribution in [0.2, 0.25) is 0 Å². The summed E-state index contributed by atoms with van der Waals surface area (Å²) in [5.74, 6) is 3.46. The zero-order chi connectivity index (χ0) is 12.8. The molecule has 0 spiro atoms. The highest BCUT2D eigenvalue weighted by Crippen LogP contribution is 2.34. The second kappa shape index (κ2) is 7.20. The molecule has 2 rings (SSSR count). The largest absolute Gasteiger partial charge is 0.310 e. The van der Waals surface area contributed by atoms with Crippen molar-refractivity contribution in [2.45, 2.75) is 39.2 Å². The summed E-state index contributed by atoms with van der Waals surface area (Å²) >= 11 is 2.10. The molecule has 2 atom stereocenters. The highest BCUT2D eigenvalue weighted by Gasteiger charge is 2.25. The molecule has 1 fully saturated rings. The number of hydrogen-bond acceptors (Lipinski definition) is 2. The summed E-state index contributed by atoms with van der Waals surface area (Å²) in [5.41, 5.74) is 2.95. The van der Waals surface area contributed by atoms with Gasteiger partial charge in [-0.15, -0.1) is 0 Å². The molecule has 1 nitrogen and oxygen atoms in total. The molecule has 1 aliphatic heterocycles. The van der Waals surface area contributed by atoms with Crippen LogP contribution in [0, 0.1) is 5.92 Å². The van der Waals surface area contributed by atoms with Crippen LogP contribution in [-0.2, 0) is 6.42 Å². The SMILES string of the molecule is CCCc1ccc(C(NCC)C2CCSC2)cc1. The van der Waals surface area contributed by atoms with Gasteiger partial charge in [0.15, 0.2) is 0 Å².